The topological polar surface area (TPSA) is 104 Å². The molecule has 2 aromatic rings. The lowest BCUT2D eigenvalue weighted by molar-refractivity contribution is -0.119. The minimum Gasteiger partial charge on any atom is -0.497 e. The average Bonchev–Trinajstić information content (AvgIpc) is 3.28. The van der Waals surface area contributed by atoms with Crippen LogP contribution >= 0.6 is 11.8 Å². The third-order valence-electron chi connectivity index (χ3n) is 3.90. The first kappa shape index (κ1) is 17.6. The predicted molar refractivity (Wildman–Crippen MR) is 94.9 cm³/mol. The van der Waals surface area contributed by atoms with Crippen molar-refractivity contribution in [2.24, 2.45) is 0 Å². The van der Waals surface area contributed by atoms with Crippen molar-refractivity contribution in [3.8, 4) is 17.1 Å². The molecule has 0 bridgehead atoms. The van der Waals surface area contributed by atoms with E-state index in [9.17, 15) is 4.79 Å². The van der Waals surface area contributed by atoms with Gasteiger partial charge in [-0.1, -0.05) is 11.8 Å². The number of hydrogen-bond donors (Lipinski definition) is 2. The third-order valence-corrected chi connectivity index (χ3v) is 4.84. The van der Waals surface area contributed by atoms with Crippen LogP contribution in [0, 0.1) is 0 Å². The van der Waals surface area contributed by atoms with Gasteiger partial charge in [0.05, 0.1) is 19.0 Å². The number of rotatable bonds is 7. The molecule has 2 heterocycles. The number of amides is 1. The number of ether oxygens (including phenoxy) is 2. The number of aromatic nitrogens is 3. The molecule has 0 unspecified atom stereocenters. The molecular formula is C16H21N5O3S. The highest BCUT2D eigenvalue weighted by Gasteiger charge is 2.17. The lowest BCUT2D eigenvalue weighted by atomic mass is 10.2. The SMILES string of the molecule is COc1ccc(-c2nnc(SCC(=O)NC[C@@H]3CCCO3)n2N)cc1. The van der Waals surface area contributed by atoms with Crippen LogP contribution in [0.4, 0.5) is 0 Å². The van der Waals surface area contributed by atoms with Crippen LogP contribution in [0.15, 0.2) is 29.4 Å². The fourth-order valence-electron chi connectivity index (χ4n) is 2.53. The summed E-state index contributed by atoms with van der Waals surface area (Å²) in [5.74, 6) is 7.49. The van der Waals surface area contributed by atoms with Crippen LogP contribution in [-0.4, -0.2) is 52.9 Å². The van der Waals surface area contributed by atoms with Gasteiger partial charge in [-0.25, -0.2) is 4.68 Å². The van der Waals surface area contributed by atoms with Gasteiger partial charge in [0.25, 0.3) is 0 Å². The van der Waals surface area contributed by atoms with Crippen LogP contribution in [0.5, 0.6) is 5.75 Å². The summed E-state index contributed by atoms with van der Waals surface area (Å²) in [5, 5.41) is 11.5. The minimum atomic E-state index is -0.0745. The van der Waals surface area contributed by atoms with E-state index >= 15 is 0 Å². The molecule has 9 heteroatoms. The van der Waals surface area contributed by atoms with Crippen LogP contribution in [0.2, 0.25) is 0 Å². The molecule has 134 valence electrons. The maximum absolute atomic E-state index is 11.9. The Morgan fingerprint density at radius 2 is 2.24 bits per heavy atom. The highest BCUT2D eigenvalue weighted by molar-refractivity contribution is 7.99. The van der Waals surface area contributed by atoms with Gasteiger partial charge >= 0.3 is 0 Å². The molecule has 1 amide bonds. The molecule has 1 aliphatic rings. The van der Waals surface area contributed by atoms with E-state index in [-0.39, 0.29) is 17.8 Å². The van der Waals surface area contributed by atoms with E-state index in [2.05, 4.69) is 15.5 Å². The summed E-state index contributed by atoms with van der Waals surface area (Å²) < 4.78 is 12.0. The second-order valence-electron chi connectivity index (χ2n) is 5.63. The number of carbonyl (C=O) groups is 1. The second-order valence-corrected chi connectivity index (χ2v) is 6.57. The Labute approximate surface area is 150 Å². The van der Waals surface area contributed by atoms with Crippen LogP contribution in [0.25, 0.3) is 11.4 Å². The Morgan fingerprint density at radius 1 is 1.44 bits per heavy atom. The first-order chi connectivity index (χ1) is 12.2. The first-order valence-corrected chi connectivity index (χ1v) is 9.02. The van der Waals surface area contributed by atoms with Crippen molar-refractivity contribution in [1.29, 1.82) is 0 Å². The van der Waals surface area contributed by atoms with Gasteiger partial charge in [-0.3, -0.25) is 4.79 Å². The smallest absolute Gasteiger partial charge is 0.230 e. The lowest BCUT2D eigenvalue weighted by Crippen LogP contribution is -2.33. The largest absolute Gasteiger partial charge is 0.497 e. The van der Waals surface area contributed by atoms with Crippen LogP contribution in [-0.2, 0) is 9.53 Å². The van der Waals surface area contributed by atoms with E-state index in [1.807, 2.05) is 24.3 Å². The highest BCUT2D eigenvalue weighted by Crippen LogP contribution is 2.23. The van der Waals surface area contributed by atoms with Crippen molar-refractivity contribution in [3.05, 3.63) is 24.3 Å². The van der Waals surface area contributed by atoms with E-state index in [0.29, 0.717) is 17.5 Å². The summed E-state index contributed by atoms with van der Waals surface area (Å²) in [7, 11) is 1.61. The molecule has 1 aromatic heterocycles. The van der Waals surface area contributed by atoms with Gasteiger partial charge in [-0.2, -0.15) is 0 Å². The molecule has 1 atom stereocenters. The number of benzene rings is 1. The average molecular weight is 363 g/mol. The molecule has 0 aliphatic carbocycles. The van der Waals surface area contributed by atoms with Crippen molar-refractivity contribution in [2.75, 3.05) is 31.9 Å². The monoisotopic (exact) mass is 363 g/mol. The molecule has 25 heavy (non-hydrogen) atoms. The van der Waals surface area contributed by atoms with Crippen molar-refractivity contribution in [1.82, 2.24) is 20.2 Å². The summed E-state index contributed by atoms with van der Waals surface area (Å²) >= 11 is 1.25. The normalized spacial score (nSPS) is 16.8. The summed E-state index contributed by atoms with van der Waals surface area (Å²) in [5.41, 5.74) is 0.825. The number of methoxy groups -OCH3 is 1. The lowest BCUT2D eigenvalue weighted by Gasteiger charge is -2.10. The second kappa shape index (κ2) is 8.21. The molecule has 8 nitrogen and oxygen atoms in total. The fourth-order valence-corrected chi connectivity index (χ4v) is 3.21. The molecule has 3 rings (SSSR count). The molecule has 0 spiro atoms. The Bertz CT molecular complexity index is 713. The standard InChI is InChI=1S/C16H21N5O3S/c1-23-12-6-4-11(5-7-12)15-19-20-16(21(15)17)25-10-14(22)18-9-13-3-2-8-24-13/h4-7,13H,2-3,8-10,17H2,1H3,(H,18,22)/t13-/m0/s1. The van der Waals surface area contributed by atoms with Gasteiger partial charge in [0.1, 0.15) is 5.75 Å². The molecule has 3 N–H and O–H groups in total. The van der Waals surface area contributed by atoms with Crippen LogP contribution in [0.1, 0.15) is 12.8 Å². The fraction of sp³-hybridized carbons (Fsp3) is 0.438. The zero-order chi connectivity index (χ0) is 17.6. The van der Waals surface area contributed by atoms with Crippen LogP contribution < -0.4 is 15.9 Å². The number of hydrogen-bond acceptors (Lipinski definition) is 7. The van der Waals surface area contributed by atoms with Crippen molar-refractivity contribution in [3.63, 3.8) is 0 Å². The van der Waals surface area contributed by atoms with E-state index in [4.69, 9.17) is 15.3 Å². The van der Waals surface area contributed by atoms with E-state index in [1.54, 1.807) is 7.11 Å². The van der Waals surface area contributed by atoms with Gasteiger partial charge in [-0.15, -0.1) is 10.2 Å². The molecular weight excluding hydrogens is 342 g/mol. The molecule has 0 radical (unpaired) electrons. The maximum atomic E-state index is 11.9. The van der Waals surface area contributed by atoms with Crippen molar-refractivity contribution < 1.29 is 14.3 Å². The van der Waals surface area contributed by atoms with Gasteiger partial charge in [-0.05, 0) is 37.1 Å². The summed E-state index contributed by atoms with van der Waals surface area (Å²) in [4.78, 5) is 11.9. The Morgan fingerprint density at radius 3 is 2.92 bits per heavy atom. The number of nitrogen functional groups attached to an aromatic ring is 1. The third kappa shape index (κ3) is 4.43. The van der Waals surface area contributed by atoms with Crippen molar-refractivity contribution in [2.45, 2.75) is 24.1 Å². The molecule has 1 fully saturated rings. The number of thioether (sulfide) groups is 1. The zero-order valence-electron chi connectivity index (χ0n) is 14.0. The number of nitrogens with zero attached hydrogens (tertiary/aromatic N) is 3. The first-order valence-electron chi connectivity index (χ1n) is 8.03. The van der Waals surface area contributed by atoms with E-state index < -0.39 is 0 Å². The Balaban J connectivity index is 1.54. The zero-order valence-corrected chi connectivity index (χ0v) is 14.8. The predicted octanol–water partition coefficient (Wildman–Crippen LogP) is 1.05. The summed E-state index contributed by atoms with van der Waals surface area (Å²) in [6.45, 7) is 1.32. The molecule has 0 saturated carbocycles. The van der Waals surface area contributed by atoms with Gasteiger partial charge in [0, 0.05) is 18.7 Å². The quantitative estimate of drug-likeness (QED) is 0.560. The molecule has 1 aliphatic heterocycles. The number of carbonyl (C=O) groups excluding carboxylic acids is 1. The van der Waals surface area contributed by atoms with Crippen molar-refractivity contribution >= 4 is 17.7 Å². The number of nitrogens with one attached hydrogen (secondary N) is 1. The van der Waals surface area contributed by atoms with Gasteiger partial charge < -0.3 is 20.6 Å². The molecule has 1 aromatic carbocycles. The molecule has 1 saturated heterocycles. The Hall–Kier alpha value is -2.26. The van der Waals surface area contributed by atoms with Crippen LogP contribution in [0.3, 0.4) is 0 Å². The van der Waals surface area contributed by atoms with E-state index in [0.717, 1.165) is 30.8 Å². The van der Waals surface area contributed by atoms with E-state index in [1.165, 1.54) is 16.4 Å². The highest BCUT2D eigenvalue weighted by atomic mass is 32.2. The van der Waals surface area contributed by atoms with Gasteiger partial charge in [0.2, 0.25) is 11.1 Å². The number of nitrogens with two attached hydrogens (primary N) is 1. The minimum absolute atomic E-state index is 0.0745. The Kier molecular flexibility index (Phi) is 5.77. The van der Waals surface area contributed by atoms with Gasteiger partial charge in [0.15, 0.2) is 5.82 Å². The summed E-state index contributed by atoms with van der Waals surface area (Å²) in [6.07, 6.45) is 2.18. The maximum Gasteiger partial charge on any atom is 0.230 e. The summed E-state index contributed by atoms with van der Waals surface area (Å²) in [6, 6.07) is 7.37.